The lowest BCUT2D eigenvalue weighted by molar-refractivity contribution is -0.128. The lowest BCUT2D eigenvalue weighted by Crippen LogP contribution is -2.38. The summed E-state index contributed by atoms with van der Waals surface area (Å²) in [5.41, 5.74) is -0.208. The molecule has 1 heterocycles. The molecule has 0 atom stereocenters. The van der Waals surface area contributed by atoms with Gasteiger partial charge in [0.15, 0.2) is 5.03 Å². The first-order valence-electron chi connectivity index (χ1n) is 6.27. The molecule has 0 aliphatic heterocycles. The summed E-state index contributed by atoms with van der Waals surface area (Å²) in [6.45, 7) is 3.52. The Kier molecular flexibility index (Phi) is 5.85. The number of carbonyl (C=O) groups excluding carboxylic acids is 2. The first kappa shape index (κ1) is 17.1. The Morgan fingerprint density at radius 3 is 2.67 bits per heavy atom. The maximum atomic E-state index is 12.1. The van der Waals surface area contributed by atoms with Crippen molar-refractivity contribution in [1.29, 1.82) is 0 Å². The lowest BCUT2D eigenvalue weighted by atomic mass is 10.4. The van der Waals surface area contributed by atoms with Crippen LogP contribution >= 0.6 is 0 Å². The lowest BCUT2D eigenvalue weighted by Gasteiger charge is -2.14. The highest BCUT2D eigenvalue weighted by molar-refractivity contribution is 7.89. The molecule has 0 unspecified atom stereocenters. The molecule has 0 saturated heterocycles. The molecule has 0 bridgehead atoms. The summed E-state index contributed by atoms with van der Waals surface area (Å²) in [5, 5.41) is 5.33. The number of rotatable bonds is 7. The Bertz CT molecular complexity index is 610. The topological polar surface area (TPSA) is 121 Å². The highest BCUT2D eigenvalue weighted by atomic mass is 32.2. The van der Waals surface area contributed by atoms with Gasteiger partial charge in [0.25, 0.3) is 10.0 Å². The van der Waals surface area contributed by atoms with E-state index in [9.17, 15) is 18.0 Å². The summed E-state index contributed by atoms with van der Waals surface area (Å²) < 4.78 is 31.0. The molecule has 0 aliphatic rings. The number of nitrogens with zero attached hydrogens (tertiary/aromatic N) is 2. The van der Waals surface area contributed by atoms with Crippen LogP contribution in [0.1, 0.15) is 24.2 Å². The van der Waals surface area contributed by atoms with Gasteiger partial charge in [0.1, 0.15) is 5.56 Å². The fourth-order valence-electron chi connectivity index (χ4n) is 1.37. The number of H-pyrrole nitrogens is 1. The van der Waals surface area contributed by atoms with Crippen molar-refractivity contribution >= 4 is 21.9 Å². The van der Waals surface area contributed by atoms with Gasteiger partial charge >= 0.3 is 5.97 Å². The summed E-state index contributed by atoms with van der Waals surface area (Å²) in [5.74, 6) is -1.19. The van der Waals surface area contributed by atoms with Crippen molar-refractivity contribution in [2.75, 3.05) is 26.7 Å². The number of carbonyl (C=O) groups is 2. The van der Waals surface area contributed by atoms with E-state index < -0.39 is 33.5 Å². The van der Waals surface area contributed by atoms with Gasteiger partial charge in [-0.25, -0.2) is 17.9 Å². The van der Waals surface area contributed by atoms with E-state index in [1.54, 1.807) is 20.9 Å². The van der Waals surface area contributed by atoms with Crippen LogP contribution in [0.3, 0.4) is 0 Å². The zero-order valence-corrected chi connectivity index (χ0v) is 12.9. The highest BCUT2D eigenvalue weighted by Gasteiger charge is 2.26. The molecule has 21 heavy (non-hydrogen) atoms. The maximum absolute atomic E-state index is 12.1. The third kappa shape index (κ3) is 4.26. The van der Waals surface area contributed by atoms with E-state index >= 15 is 0 Å². The SMILES string of the molecule is CCOC(=O)c1cn[nH]c1S(=O)(=O)NCC(=O)N(C)CC. The van der Waals surface area contributed by atoms with Crippen molar-refractivity contribution in [3.8, 4) is 0 Å². The Balaban J connectivity index is 2.87. The molecule has 9 nitrogen and oxygen atoms in total. The van der Waals surface area contributed by atoms with Gasteiger partial charge in [-0.2, -0.15) is 5.10 Å². The minimum Gasteiger partial charge on any atom is -0.462 e. The van der Waals surface area contributed by atoms with E-state index in [1.165, 1.54) is 4.90 Å². The van der Waals surface area contributed by atoms with Gasteiger partial charge < -0.3 is 9.64 Å². The smallest absolute Gasteiger partial charge is 0.342 e. The quantitative estimate of drug-likeness (QED) is 0.644. The second kappa shape index (κ2) is 7.18. The minimum absolute atomic E-state index is 0.108. The van der Waals surface area contributed by atoms with Gasteiger partial charge in [0, 0.05) is 13.6 Å². The molecule has 1 rings (SSSR count). The second-order valence-electron chi connectivity index (χ2n) is 4.07. The minimum atomic E-state index is -4.06. The van der Waals surface area contributed by atoms with E-state index in [1.807, 2.05) is 0 Å². The van der Waals surface area contributed by atoms with E-state index in [-0.39, 0.29) is 12.2 Å². The number of likely N-dealkylation sites (N-methyl/N-ethyl adjacent to an activating group) is 1. The maximum Gasteiger partial charge on any atom is 0.342 e. The molecule has 1 aromatic rings. The van der Waals surface area contributed by atoms with Crippen molar-refractivity contribution < 1.29 is 22.7 Å². The van der Waals surface area contributed by atoms with Crippen molar-refractivity contribution in [2.24, 2.45) is 0 Å². The van der Waals surface area contributed by atoms with Gasteiger partial charge in [-0.1, -0.05) is 0 Å². The van der Waals surface area contributed by atoms with E-state index in [2.05, 4.69) is 14.9 Å². The monoisotopic (exact) mass is 318 g/mol. The number of aromatic amines is 1. The molecule has 2 N–H and O–H groups in total. The zero-order valence-electron chi connectivity index (χ0n) is 12.0. The van der Waals surface area contributed by atoms with Crippen molar-refractivity contribution in [2.45, 2.75) is 18.9 Å². The number of hydrogen-bond donors (Lipinski definition) is 2. The number of sulfonamides is 1. The van der Waals surface area contributed by atoms with Gasteiger partial charge in [-0.05, 0) is 13.8 Å². The highest BCUT2D eigenvalue weighted by Crippen LogP contribution is 2.12. The molecule has 10 heteroatoms. The number of ether oxygens (including phenoxy) is 1. The molecule has 0 fully saturated rings. The van der Waals surface area contributed by atoms with Crippen LogP contribution < -0.4 is 4.72 Å². The molecule has 0 aliphatic carbocycles. The Morgan fingerprint density at radius 2 is 2.10 bits per heavy atom. The van der Waals surface area contributed by atoms with Crippen LogP contribution in [0.4, 0.5) is 0 Å². The fourth-order valence-corrected chi connectivity index (χ4v) is 2.43. The number of aromatic nitrogens is 2. The summed E-state index contributed by atoms with van der Waals surface area (Å²) in [7, 11) is -2.51. The summed E-state index contributed by atoms with van der Waals surface area (Å²) in [6, 6.07) is 0. The van der Waals surface area contributed by atoms with Crippen LogP contribution in [0.5, 0.6) is 0 Å². The summed E-state index contributed by atoms with van der Waals surface area (Å²) >= 11 is 0. The van der Waals surface area contributed by atoms with E-state index in [0.717, 1.165) is 6.20 Å². The molecule has 1 amide bonds. The largest absolute Gasteiger partial charge is 0.462 e. The third-order valence-electron chi connectivity index (χ3n) is 2.68. The number of nitrogens with one attached hydrogen (secondary N) is 2. The predicted octanol–water partition coefficient (Wildman–Crippen LogP) is -0.657. The molecule has 1 aromatic heterocycles. The van der Waals surface area contributed by atoms with E-state index in [0.29, 0.717) is 6.54 Å². The van der Waals surface area contributed by atoms with Crippen LogP contribution in [0, 0.1) is 0 Å². The molecular weight excluding hydrogens is 300 g/mol. The van der Waals surface area contributed by atoms with Crippen molar-refractivity contribution in [1.82, 2.24) is 19.8 Å². The summed E-state index contributed by atoms with van der Waals surface area (Å²) in [4.78, 5) is 24.6. The first-order valence-corrected chi connectivity index (χ1v) is 7.75. The van der Waals surface area contributed by atoms with Crippen molar-refractivity contribution in [3.63, 3.8) is 0 Å². The van der Waals surface area contributed by atoms with Crippen LogP contribution in [0.25, 0.3) is 0 Å². The Labute approximate surface area is 122 Å². The standard InChI is InChI=1S/C11H18N4O5S/c1-4-15(3)9(16)7-13-21(18,19)10-8(6-12-14-10)11(17)20-5-2/h6,13H,4-5,7H2,1-3H3,(H,12,14). The number of esters is 1. The molecule has 0 saturated carbocycles. The van der Waals surface area contributed by atoms with Gasteiger partial charge in [-0.3, -0.25) is 9.89 Å². The predicted molar refractivity (Wildman–Crippen MR) is 73.0 cm³/mol. The van der Waals surface area contributed by atoms with Crippen LogP contribution in [-0.2, 0) is 19.6 Å². The van der Waals surface area contributed by atoms with Crippen LogP contribution in [0.2, 0.25) is 0 Å². The molecule has 0 aromatic carbocycles. The number of amides is 1. The summed E-state index contributed by atoms with van der Waals surface area (Å²) in [6.07, 6.45) is 1.06. The van der Waals surface area contributed by atoms with Gasteiger partial charge in [0.2, 0.25) is 5.91 Å². The fraction of sp³-hybridized carbons (Fsp3) is 0.545. The molecule has 118 valence electrons. The molecule has 0 radical (unpaired) electrons. The average Bonchev–Trinajstić information content (AvgIpc) is 2.94. The zero-order chi connectivity index (χ0) is 16.0. The normalized spacial score (nSPS) is 11.2. The number of hydrogen-bond acceptors (Lipinski definition) is 6. The average molecular weight is 318 g/mol. The van der Waals surface area contributed by atoms with E-state index in [4.69, 9.17) is 4.74 Å². The van der Waals surface area contributed by atoms with Gasteiger partial charge in [0.05, 0.1) is 19.3 Å². The second-order valence-corrected chi connectivity index (χ2v) is 5.77. The Morgan fingerprint density at radius 1 is 1.43 bits per heavy atom. The van der Waals surface area contributed by atoms with Gasteiger partial charge in [-0.15, -0.1) is 0 Å². The third-order valence-corrected chi connectivity index (χ3v) is 4.05. The van der Waals surface area contributed by atoms with Crippen LogP contribution in [-0.4, -0.2) is 62.1 Å². The van der Waals surface area contributed by atoms with Crippen LogP contribution in [0.15, 0.2) is 11.2 Å². The van der Waals surface area contributed by atoms with Crippen molar-refractivity contribution in [3.05, 3.63) is 11.8 Å². The molecular formula is C11H18N4O5S. The first-order chi connectivity index (χ1) is 9.83. The Hall–Kier alpha value is -1.94. The molecule has 0 spiro atoms.